The number of amides is 1. The zero-order valence-electron chi connectivity index (χ0n) is 16.4. The maximum Gasteiger partial charge on any atom is 0.353 e. The Hall–Kier alpha value is -4.01. The summed E-state index contributed by atoms with van der Waals surface area (Å²) in [6, 6.07) is 14.8. The number of carbonyl (C=O) groups excluding carboxylic acids is 1. The Morgan fingerprint density at radius 2 is 1.90 bits per heavy atom. The van der Waals surface area contributed by atoms with E-state index in [2.05, 4.69) is 20.7 Å². The van der Waals surface area contributed by atoms with Crippen molar-refractivity contribution in [1.82, 2.24) is 19.2 Å². The Morgan fingerprint density at radius 1 is 1.10 bits per heavy atom. The van der Waals surface area contributed by atoms with Gasteiger partial charge in [0.1, 0.15) is 12.4 Å². The lowest BCUT2D eigenvalue weighted by Gasteiger charge is -2.10. The largest absolute Gasteiger partial charge is 0.353 e. The molecule has 0 saturated carbocycles. The van der Waals surface area contributed by atoms with Crippen molar-refractivity contribution in [2.45, 2.75) is 20.4 Å². The van der Waals surface area contributed by atoms with E-state index in [1.54, 1.807) is 19.1 Å². The van der Waals surface area contributed by atoms with Gasteiger partial charge in [-0.1, -0.05) is 24.3 Å². The predicted molar refractivity (Wildman–Crippen MR) is 111 cm³/mol. The minimum atomic E-state index is -0.511. The first-order valence-electron chi connectivity index (χ1n) is 9.26. The summed E-state index contributed by atoms with van der Waals surface area (Å²) in [5.74, 6) is -0.656. The average molecular weight is 406 g/mol. The summed E-state index contributed by atoms with van der Waals surface area (Å²) < 4.78 is 15.7. The summed E-state index contributed by atoms with van der Waals surface area (Å²) in [6.45, 7) is 3.42. The fourth-order valence-corrected chi connectivity index (χ4v) is 3.08. The number of anilines is 3. The SMILES string of the molecule is Cc1cc2nn(CC(=O)Nc3cccc(F)c3)c(=O)n2c(Nc2ccccc2C)n1. The van der Waals surface area contributed by atoms with Crippen molar-refractivity contribution in [1.29, 1.82) is 0 Å². The van der Waals surface area contributed by atoms with Crippen LogP contribution in [-0.2, 0) is 11.3 Å². The molecule has 0 aliphatic carbocycles. The molecule has 0 aliphatic rings. The summed E-state index contributed by atoms with van der Waals surface area (Å²) in [5.41, 5.74) is 2.62. The molecule has 0 aliphatic heterocycles. The van der Waals surface area contributed by atoms with E-state index in [4.69, 9.17) is 0 Å². The molecule has 0 fully saturated rings. The third-order valence-corrected chi connectivity index (χ3v) is 4.49. The van der Waals surface area contributed by atoms with Crippen LogP contribution in [0.1, 0.15) is 11.3 Å². The molecule has 0 radical (unpaired) electrons. The first-order valence-corrected chi connectivity index (χ1v) is 9.26. The van der Waals surface area contributed by atoms with Crippen LogP contribution in [0.15, 0.2) is 59.4 Å². The van der Waals surface area contributed by atoms with Gasteiger partial charge in [-0.3, -0.25) is 4.79 Å². The average Bonchev–Trinajstić information content (AvgIpc) is 2.98. The lowest BCUT2D eigenvalue weighted by atomic mass is 10.2. The van der Waals surface area contributed by atoms with Crippen molar-refractivity contribution in [3.63, 3.8) is 0 Å². The van der Waals surface area contributed by atoms with Crippen LogP contribution < -0.4 is 16.3 Å². The molecule has 2 aromatic carbocycles. The number of para-hydroxylation sites is 1. The highest BCUT2D eigenvalue weighted by Gasteiger charge is 2.16. The van der Waals surface area contributed by atoms with E-state index < -0.39 is 17.4 Å². The summed E-state index contributed by atoms with van der Waals surface area (Å²) >= 11 is 0. The number of nitrogens with one attached hydrogen (secondary N) is 2. The van der Waals surface area contributed by atoms with Gasteiger partial charge < -0.3 is 10.6 Å². The van der Waals surface area contributed by atoms with E-state index in [0.717, 1.165) is 15.9 Å². The number of halogens is 1. The molecule has 0 bridgehead atoms. The second-order valence-electron chi connectivity index (χ2n) is 6.85. The number of carbonyl (C=O) groups is 1. The molecule has 152 valence electrons. The molecule has 4 aromatic rings. The number of nitrogens with zero attached hydrogens (tertiary/aromatic N) is 4. The van der Waals surface area contributed by atoms with Crippen molar-refractivity contribution < 1.29 is 9.18 Å². The first kappa shape index (κ1) is 19.3. The quantitative estimate of drug-likeness (QED) is 0.531. The Balaban J connectivity index is 1.66. The monoisotopic (exact) mass is 406 g/mol. The van der Waals surface area contributed by atoms with Gasteiger partial charge in [0.25, 0.3) is 0 Å². The molecular weight excluding hydrogens is 387 g/mol. The number of aryl methyl sites for hydroxylation is 2. The summed E-state index contributed by atoms with van der Waals surface area (Å²) in [6.07, 6.45) is 0. The van der Waals surface area contributed by atoms with E-state index in [-0.39, 0.29) is 6.54 Å². The van der Waals surface area contributed by atoms with Crippen molar-refractivity contribution in [3.8, 4) is 0 Å². The highest BCUT2D eigenvalue weighted by Crippen LogP contribution is 2.19. The third kappa shape index (κ3) is 3.90. The smallest absolute Gasteiger partial charge is 0.325 e. The minimum absolute atomic E-state index is 0.302. The van der Waals surface area contributed by atoms with Crippen LogP contribution in [0.2, 0.25) is 0 Å². The molecular formula is C21H19FN6O2. The van der Waals surface area contributed by atoms with Crippen LogP contribution in [-0.4, -0.2) is 25.1 Å². The molecule has 0 unspecified atom stereocenters. The Kier molecular flexibility index (Phi) is 5.01. The zero-order chi connectivity index (χ0) is 21.3. The van der Waals surface area contributed by atoms with Gasteiger partial charge in [-0.05, 0) is 43.7 Å². The van der Waals surface area contributed by atoms with Crippen LogP contribution in [0.25, 0.3) is 5.65 Å². The topological polar surface area (TPSA) is 93.3 Å². The molecule has 2 heterocycles. The third-order valence-electron chi connectivity index (χ3n) is 4.49. The van der Waals surface area contributed by atoms with Crippen LogP contribution in [0.3, 0.4) is 0 Å². The van der Waals surface area contributed by atoms with Gasteiger partial charge in [0.2, 0.25) is 11.9 Å². The second-order valence-corrected chi connectivity index (χ2v) is 6.85. The number of aromatic nitrogens is 4. The molecule has 2 N–H and O–H groups in total. The number of fused-ring (bicyclic) bond motifs is 1. The maximum atomic E-state index is 13.3. The van der Waals surface area contributed by atoms with Gasteiger partial charge in [-0.15, -0.1) is 5.10 Å². The van der Waals surface area contributed by atoms with E-state index >= 15 is 0 Å². The highest BCUT2D eigenvalue weighted by atomic mass is 19.1. The number of benzene rings is 2. The van der Waals surface area contributed by atoms with Gasteiger partial charge in [-0.2, -0.15) is 0 Å². The summed E-state index contributed by atoms with van der Waals surface area (Å²) in [7, 11) is 0. The predicted octanol–water partition coefficient (Wildman–Crippen LogP) is 3.03. The molecule has 0 spiro atoms. The van der Waals surface area contributed by atoms with Crippen molar-refractivity contribution >= 4 is 28.9 Å². The van der Waals surface area contributed by atoms with E-state index in [1.165, 1.54) is 22.6 Å². The molecule has 30 heavy (non-hydrogen) atoms. The zero-order valence-corrected chi connectivity index (χ0v) is 16.4. The molecule has 2 aromatic heterocycles. The second kappa shape index (κ2) is 7.78. The van der Waals surface area contributed by atoms with Gasteiger partial charge in [-0.25, -0.2) is 23.3 Å². The molecule has 0 atom stereocenters. The molecule has 0 saturated heterocycles. The van der Waals surface area contributed by atoms with E-state index in [0.29, 0.717) is 23.0 Å². The van der Waals surface area contributed by atoms with Gasteiger partial charge in [0.15, 0.2) is 5.65 Å². The highest BCUT2D eigenvalue weighted by molar-refractivity contribution is 5.90. The lowest BCUT2D eigenvalue weighted by Crippen LogP contribution is -2.29. The van der Waals surface area contributed by atoms with Gasteiger partial charge in [0.05, 0.1) is 0 Å². The summed E-state index contributed by atoms with van der Waals surface area (Å²) in [4.78, 5) is 29.7. The molecule has 4 rings (SSSR count). The molecule has 9 heteroatoms. The van der Waals surface area contributed by atoms with E-state index in [1.807, 2.05) is 31.2 Å². The maximum absolute atomic E-state index is 13.3. The van der Waals surface area contributed by atoms with Gasteiger partial charge >= 0.3 is 5.69 Å². The van der Waals surface area contributed by atoms with E-state index in [9.17, 15) is 14.0 Å². The van der Waals surface area contributed by atoms with Gasteiger partial charge in [0, 0.05) is 23.1 Å². The standard InChI is InChI=1S/C21H19FN6O2/c1-13-6-3-4-9-17(13)25-20-23-14(2)10-18-26-27(21(30)28(18)20)12-19(29)24-16-8-5-7-15(22)11-16/h3-11H,12H2,1-2H3,(H,23,25)(H,24,29). The van der Waals surface area contributed by atoms with Crippen LogP contribution in [0.4, 0.5) is 21.7 Å². The Labute approximate surface area is 171 Å². The number of hydrogen-bond acceptors (Lipinski definition) is 5. The van der Waals surface area contributed by atoms with Crippen LogP contribution in [0.5, 0.6) is 0 Å². The number of hydrogen-bond donors (Lipinski definition) is 2. The van der Waals surface area contributed by atoms with Crippen LogP contribution >= 0.6 is 0 Å². The van der Waals surface area contributed by atoms with Crippen molar-refractivity contribution in [2.75, 3.05) is 10.6 Å². The van der Waals surface area contributed by atoms with Crippen molar-refractivity contribution in [3.05, 3.63) is 82.2 Å². The summed E-state index contributed by atoms with van der Waals surface area (Å²) in [5, 5.41) is 9.97. The van der Waals surface area contributed by atoms with Crippen LogP contribution in [0, 0.1) is 19.7 Å². The Bertz CT molecular complexity index is 1310. The minimum Gasteiger partial charge on any atom is -0.325 e. The van der Waals surface area contributed by atoms with Crippen molar-refractivity contribution in [2.24, 2.45) is 0 Å². The fraction of sp³-hybridized carbons (Fsp3) is 0.143. The molecule has 8 nitrogen and oxygen atoms in total. The normalized spacial score (nSPS) is 10.9. The lowest BCUT2D eigenvalue weighted by molar-refractivity contribution is -0.117. The molecule has 1 amide bonds. The Morgan fingerprint density at radius 3 is 2.67 bits per heavy atom. The fourth-order valence-electron chi connectivity index (χ4n) is 3.08. The number of rotatable bonds is 5. The first-order chi connectivity index (χ1) is 14.4.